The Morgan fingerprint density at radius 3 is 1.26 bits per heavy atom. The summed E-state index contributed by atoms with van der Waals surface area (Å²) < 4.78 is 10.1. The Kier molecular flexibility index (Phi) is 12.2. The number of carboxylic acid groups (broad SMARTS) is 2. The largest absolute Gasteiger partial charge is 0.497 e. The number of benzene rings is 2. The van der Waals surface area contributed by atoms with Gasteiger partial charge in [-0.3, -0.25) is 9.59 Å². The number of aliphatic carboxylic acids is 2. The van der Waals surface area contributed by atoms with E-state index in [1.54, 1.807) is 14.2 Å². The molecule has 8 nitrogen and oxygen atoms in total. The molecule has 10 heteroatoms. The van der Waals surface area contributed by atoms with Crippen LogP contribution in [0.3, 0.4) is 0 Å². The van der Waals surface area contributed by atoms with Crippen LogP contribution in [-0.2, 0) is 9.59 Å². The highest BCUT2D eigenvalue weighted by atomic mass is 35.5. The summed E-state index contributed by atoms with van der Waals surface area (Å²) in [4.78, 5) is 22.1. The molecule has 0 spiro atoms. The predicted molar refractivity (Wildman–Crippen MR) is 134 cm³/mol. The van der Waals surface area contributed by atoms with Crippen LogP contribution in [0, 0.1) is 11.8 Å². The third-order valence-electron chi connectivity index (χ3n) is 6.15. The Labute approximate surface area is 211 Å². The molecule has 0 unspecified atom stereocenters. The van der Waals surface area contributed by atoms with Crippen molar-refractivity contribution in [2.75, 3.05) is 40.4 Å². The second-order valence-corrected chi connectivity index (χ2v) is 7.97. The summed E-state index contributed by atoms with van der Waals surface area (Å²) in [5, 5.41) is 24.4. The molecule has 4 rings (SSSR count). The first-order valence-corrected chi connectivity index (χ1v) is 10.6. The van der Waals surface area contributed by atoms with E-state index in [1.165, 1.54) is 0 Å². The number of methoxy groups -OCH3 is 2. The van der Waals surface area contributed by atoms with Gasteiger partial charge in [0.05, 0.1) is 26.1 Å². The molecule has 0 aromatic heterocycles. The molecule has 0 radical (unpaired) electrons. The summed E-state index contributed by atoms with van der Waals surface area (Å²) in [5.74, 6) is -0.409. The number of halogens is 2. The van der Waals surface area contributed by atoms with Gasteiger partial charge in [0.25, 0.3) is 0 Å². The Balaban J connectivity index is 0.000000321. The fourth-order valence-corrected chi connectivity index (χ4v) is 4.28. The summed E-state index contributed by atoms with van der Waals surface area (Å²) >= 11 is 0. The second-order valence-electron chi connectivity index (χ2n) is 7.97. The van der Waals surface area contributed by atoms with Crippen LogP contribution >= 0.6 is 24.8 Å². The van der Waals surface area contributed by atoms with E-state index in [2.05, 4.69) is 10.6 Å². The van der Waals surface area contributed by atoms with E-state index < -0.39 is 11.9 Å². The van der Waals surface area contributed by atoms with Crippen molar-refractivity contribution in [2.45, 2.75) is 11.8 Å². The fourth-order valence-electron chi connectivity index (χ4n) is 4.28. The molecule has 2 fully saturated rings. The highest BCUT2D eigenvalue weighted by Crippen LogP contribution is 2.30. The first-order chi connectivity index (χ1) is 15.4. The highest BCUT2D eigenvalue weighted by Gasteiger charge is 2.34. The van der Waals surface area contributed by atoms with E-state index in [0.29, 0.717) is 13.1 Å². The molecular weight excluding hydrogens is 483 g/mol. The second kappa shape index (κ2) is 14.0. The van der Waals surface area contributed by atoms with Crippen LogP contribution in [0.4, 0.5) is 0 Å². The first-order valence-electron chi connectivity index (χ1n) is 10.6. The Hall–Kier alpha value is -2.52. The SMILES string of the molecule is COc1ccc([C@@H]2CNC[C@H]2C(=O)O)cc1.COc1ccc([C@H]2CNC[C@@H]2C(=O)O)cc1.Cl.Cl. The monoisotopic (exact) mass is 514 g/mol. The molecule has 188 valence electrons. The van der Waals surface area contributed by atoms with Crippen molar-refractivity contribution < 1.29 is 29.3 Å². The number of rotatable bonds is 6. The number of hydrogen-bond acceptors (Lipinski definition) is 6. The summed E-state index contributed by atoms with van der Waals surface area (Å²) in [6, 6.07) is 15.2. The van der Waals surface area contributed by atoms with Crippen molar-refractivity contribution in [3.63, 3.8) is 0 Å². The van der Waals surface area contributed by atoms with Gasteiger partial charge >= 0.3 is 11.9 Å². The van der Waals surface area contributed by atoms with Gasteiger partial charge in [-0.05, 0) is 35.4 Å². The number of carboxylic acids is 2. The van der Waals surface area contributed by atoms with Crippen LogP contribution in [-0.4, -0.2) is 62.6 Å². The topological polar surface area (TPSA) is 117 Å². The van der Waals surface area contributed by atoms with E-state index in [0.717, 1.165) is 35.7 Å². The molecule has 34 heavy (non-hydrogen) atoms. The van der Waals surface area contributed by atoms with Gasteiger partial charge in [-0.25, -0.2) is 0 Å². The standard InChI is InChI=1S/2C12H15NO3.2ClH/c2*1-16-9-4-2-8(3-5-9)10-6-13-7-11(10)12(14)15;;/h2*2-5,10-11,13H,6-7H2,1H3,(H,14,15);2*1H/t2*10-,11+;;/m10../s1. The molecule has 4 N–H and O–H groups in total. The van der Waals surface area contributed by atoms with Crippen molar-refractivity contribution in [1.29, 1.82) is 0 Å². The molecule has 0 saturated carbocycles. The summed E-state index contributed by atoms with van der Waals surface area (Å²) in [6.45, 7) is 2.55. The van der Waals surface area contributed by atoms with Crippen LogP contribution in [0.15, 0.2) is 48.5 Å². The molecule has 4 atom stereocenters. The van der Waals surface area contributed by atoms with E-state index in [1.807, 2.05) is 48.5 Å². The smallest absolute Gasteiger partial charge is 0.308 e. The number of carbonyl (C=O) groups is 2. The molecule has 2 aromatic rings. The van der Waals surface area contributed by atoms with Crippen molar-refractivity contribution >= 4 is 36.8 Å². The molecular formula is C24H32Cl2N2O6. The van der Waals surface area contributed by atoms with Gasteiger partial charge in [0.1, 0.15) is 11.5 Å². The minimum Gasteiger partial charge on any atom is -0.497 e. The maximum atomic E-state index is 11.0. The predicted octanol–water partition coefficient (Wildman–Crippen LogP) is 3.01. The van der Waals surface area contributed by atoms with Gasteiger partial charge in [0, 0.05) is 38.0 Å². The lowest BCUT2D eigenvalue weighted by molar-refractivity contribution is -0.142. The zero-order chi connectivity index (χ0) is 23.1. The molecule has 2 aromatic carbocycles. The van der Waals surface area contributed by atoms with Gasteiger partial charge in [0.2, 0.25) is 0 Å². The number of hydrogen-bond donors (Lipinski definition) is 4. The highest BCUT2D eigenvalue weighted by molar-refractivity contribution is 5.85. The molecule has 0 aliphatic carbocycles. The number of nitrogens with one attached hydrogen (secondary N) is 2. The van der Waals surface area contributed by atoms with E-state index >= 15 is 0 Å². The lowest BCUT2D eigenvalue weighted by Gasteiger charge is -2.15. The maximum Gasteiger partial charge on any atom is 0.308 e. The van der Waals surface area contributed by atoms with Crippen LogP contribution in [0.5, 0.6) is 11.5 Å². The minimum atomic E-state index is -0.731. The van der Waals surface area contributed by atoms with Gasteiger partial charge in [0.15, 0.2) is 0 Å². The van der Waals surface area contributed by atoms with E-state index in [-0.39, 0.29) is 48.5 Å². The van der Waals surface area contributed by atoms with Crippen molar-refractivity contribution in [1.82, 2.24) is 10.6 Å². The summed E-state index contributed by atoms with van der Waals surface area (Å²) in [5.41, 5.74) is 2.11. The minimum absolute atomic E-state index is 0. The maximum absolute atomic E-state index is 11.0. The van der Waals surface area contributed by atoms with E-state index in [9.17, 15) is 9.59 Å². The molecule has 2 saturated heterocycles. The molecule has 0 amide bonds. The molecule has 2 aliphatic rings. The quantitative estimate of drug-likeness (QED) is 0.464. The van der Waals surface area contributed by atoms with Crippen LogP contribution in [0.25, 0.3) is 0 Å². The molecule has 2 aliphatic heterocycles. The van der Waals surface area contributed by atoms with Crippen molar-refractivity contribution in [2.24, 2.45) is 11.8 Å². The Morgan fingerprint density at radius 2 is 1.00 bits per heavy atom. The van der Waals surface area contributed by atoms with Gasteiger partial charge in [-0.15, -0.1) is 24.8 Å². The zero-order valence-corrected chi connectivity index (χ0v) is 20.7. The third kappa shape index (κ3) is 7.24. The van der Waals surface area contributed by atoms with Crippen molar-refractivity contribution in [3.05, 3.63) is 59.7 Å². The summed E-state index contributed by atoms with van der Waals surface area (Å²) in [7, 11) is 3.23. The molecule has 2 heterocycles. The fraction of sp³-hybridized carbons (Fsp3) is 0.417. The third-order valence-corrected chi connectivity index (χ3v) is 6.15. The van der Waals surface area contributed by atoms with Gasteiger partial charge < -0.3 is 30.3 Å². The lowest BCUT2D eigenvalue weighted by atomic mass is 9.89. The normalized spacial score (nSPS) is 22.9. The average molecular weight is 515 g/mol. The molecule has 0 bridgehead atoms. The van der Waals surface area contributed by atoms with Crippen LogP contribution < -0.4 is 20.1 Å². The van der Waals surface area contributed by atoms with Gasteiger partial charge in [-0.2, -0.15) is 0 Å². The Morgan fingerprint density at radius 1 is 0.676 bits per heavy atom. The average Bonchev–Trinajstić information content (AvgIpc) is 3.50. The van der Waals surface area contributed by atoms with Gasteiger partial charge in [-0.1, -0.05) is 24.3 Å². The zero-order valence-electron chi connectivity index (χ0n) is 19.1. The van der Waals surface area contributed by atoms with Crippen LogP contribution in [0.1, 0.15) is 23.0 Å². The van der Waals surface area contributed by atoms with Crippen LogP contribution in [0.2, 0.25) is 0 Å². The first kappa shape index (κ1) is 29.5. The Bertz CT molecular complexity index is 835. The van der Waals surface area contributed by atoms with Crippen molar-refractivity contribution in [3.8, 4) is 11.5 Å². The number of ether oxygens (including phenoxy) is 2. The summed E-state index contributed by atoms with van der Waals surface area (Å²) in [6.07, 6.45) is 0. The lowest BCUT2D eigenvalue weighted by Crippen LogP contribution is -2.20. The van der Waals surface area contributed by atoms with E-state index in [4.69, 9.17) is 19.7 Å².